The van der Waals surface area contributed by atoms with E-state index in [0.29, 0.717) is 24.1 Å². The van der Waals surface area contributed by atoms with Gasteiger partial charge in [0.2, 0.25) is 0 Å². The van der Waals surface area contributed by atoms with E-state index in [-0.39, 0.29) is 17.0 Å². The number of benzene rings is 1. The van der Waals surface area contributed by atoms with Crippen molar-refractivity contribution in [2.75, 3.05) is 38.4 Å². The predicted octanol–water partition coefficient (Wildman–Crippen LogP) is 8.92. The summed E-state index contributed by atoms with van der Waals surface area (Å²) in [5.74, 6) is 5.81. The lowest BCUT2D eigenvalue weighted by atomic mass is 9.41. The standard InChI is InChI=1S/C41H63N3O2S/c1-28-8-10-29(11-9-28)34-17-21-40(4)35-14-12-33-31(32(35)13-15-37(40)39(34,2)3)16-22-41(20-6-7-36(33)41)43-38(45)44-23-18-30(19-24-44)42-27-46-25-26-47-5/h8-11,17,30-33,35-37,42H,6-7,12-16,18-27H2,1-5H3,(H,43,45). The molecule has 7 rings (SSSR count). The van der Waals surface area contributed by atoms with Crippen molar-refractivity contribution < 1.29 is 9.53 Å². The number of carbonyl (C=O) groups excluding carboxylic acids is 1. The Morgan fingerprint density at radius 3 is 2.43 bits per heavy atom. The second-order valence-electron chi connectivity index (χ2n) is 17.4. The van der Waals surface area contributed by atoms with Crippen molar-refractivity contribution in [3.05, 3.63) is 41.5 Å². The molecule has 5 nitrogen and oxygen atoms in total. The fourth-order valence-corrected chi connectivity index (χ4v) is 12.9. The lowest BCUT2D eigenvalue weighted by molar-refractivity contribution is -0.122. The highest BCUT2D eigenvalue weighted by Gasteiger charge is 2.62. The number of carbonyl (C=O) groups is 1. The van der Waals surface area contributed by atoms with E-state index in [1.807, 2.05) is 11.8 Å². The zero-order chi connectivity index (χ0) is 32.8. The number of ether oxygens (including phenoxy) is 1. The molecule has 1 aliphatic heterocycles. The fraction of sp³-hybridized carbons (Fsp3) is 0.780. The summed E-state index contributed by atoms with van der Waals surface area (Å²) >= 11 is 1.82. The quantitative estimate of drug-likeness (QED) is 0.216. The Hall–Kier alpha value is -1.50. The summed E-state index contributed by atoms with van der Waals surface area (Å²) in [7, 11) is 0. The van der Waals surface area contributed by atoms with E-state index in [2.05, 4.69) is 79.8 Å². The zero-order valence-electron chi connectivity index (χ0n) is 30.1. The van der Waals surface area contributed by atoms with Gasteiger partial charge < -0.3 is 15.0 Å². The Balaban J connectivity index is 0.992. The highest BCUT2D eigenvalue weighted by molar-refractivity contribution is 7.98. The summed E-state index contributed by atoms with van der Waals surface area (Å²) in [4.78, 5) is 15.9. The Bertz CT molecular complexity index is 1290. The Labute approximate surface area is 290 Å². The second kappa shape index (κ2) is 13.7. The third-order valence-electron chi connectivity index (χ3n) is 14.9. The number of thioether (sulfide) groups is 1. The first kappa shape index (κ1) is 34.0. The monoisotopic (exact) mass is 661 g/mol. The normalized spacial score (nSPS) is 38.1. The van der Waals surface area contributed by atoms with Crippen LogP contribution in [0, 0.1) is 53.3 Å². The van der Waals surface area contributed by atoms with Crippen LogP contribution < -0.4 is 10.6 Å². The number of likely N-dealkylation sites (tertiary alicyclic amines) is 1. The van der Waals surface area contributed by atoms with E-state index in [4.69, 9.17) is 4.74 Å². The topological polar surface area (TPSA) is 53.6 Å². The largest absolute Gasteiger partial charge is 0.365 e. The molecule has 2 amide bonds. The van der Waals surface area contributed by atoms with Gasteiger partial charge in [0.1, 0.15) is 0 Å². The lowest BCUT2D eigenvalue weighted by Gasteiger charge is -2.64. The summed E-state index contributed by atoms with van der Waals surface area (Å²) in [6.07, 6.45) is 19.9. The van der Waals surface area contributed by atoms with E-state index < -0.39 is 0 Å². The molecule has 1 heterocycles. The Morgan fingerprint density at radius 1 is 0.915 bits per heavy atom. The molecule has 260 valence electrons. The first-order chi connectivity index (χ1) is 22.7. The average molecular weight is 662 g/mol. The highest BCUT2D eigenvalue weighted by Crippen LogP contribution is 2.68. The number of nitrogens with zero attached hydrogens (tertiary/aromatic N) is 1. The predicted molar refractivity (Wildman–Crippen MR) is 196 cm³/mol. The molecule has 2 N–H and O–H groups in total. The number of amides is 2. The van der Waals surface area contributed by atoms with Gasteiger partial charge in [-0.1, -0.05) is 63.1 Å². The summed E-state index contributed by atoms with van der Waals surface area (Å²) in [5.41, 5.74) is 5.00. The van der Waals surface area contributed by atoms with E-state index in [9.17, 15) is 4.79 Å². The molecule has 47 heavy (non-hydrogen) atoms. The second-order valence-corrected chi connectivity index (χ2v) is 18.3. The summed E-state index contributed by atoms with van der Waals surface area (Å²) < 4.78 is 5.71. The van der Waals surface area contributed by atoms with Gasteiger partial charge in [0.15, 0.2) is 0 Å². The van der Waals surface area contributed by atoms with Gasteiger partial charge in [0, 0.05) is 30.4 Å². The van der Waals surface area contributed by atoms with Crippen molar-refractivity contribution in [3.63, 3.8) is 0 Å². The van der Waals surface area contributed by atoms with Crippen molar-refractivity contribution >= 4 is 23.4 Å². The van der Waals surface area contributed by atoms with Gasteiger partial charge in [-0.2, -0.15) is 11.8 Å². The van der Waals surface area contributed by atoms with Gasteiger partial charge in [-0.25, -0.2) is 4.79 Å². The number of aryl methyl sites for hydroxylation is 1. The molecule has 0 aromatic heterocycles. The maximum absolute atomic E-state index is 13.8. The molecule has 6 heteroatoms. The summed E-state index contributed by atoms with van der Waals surface area (Å²) in [6, 6.07) is 9.97. The summed E-state index contributed by atoms with van der Waals surface area (Å²) in [6.45, 7) is 13.1. The molecule has 1 aromatic rings. The Morgan fingerprint density at radius 2 is 1.66 bits per heavy atom. The van der Waals surface area contributed by atoms with E-state index in [1.165, 1.54) is 75.3 Å². The Kier molecular flexibility index (Phi) is 9.88. The van der Waals surface area contributed by atoms with Gasteiger partial charge in [0.05, 0.1) is 13.3 Å². The number of fused-ring (bicyclic) bond motifs is 7. The minimum atomic E-state index is 0.0327. The molecular formula is C41H63N3O2S. The SMILES string of the molecule is CSCCOCNC1CCN(C(=O)NC23CCCC2C2CCC4C(CCC5C(C)(C)C(c6ccc(C)cc6)=CCC45C)C2CC3)CC1. The number of nitrogens with one attached hydrogen (secondary N) is 2. The van der Waals surface area contributed by atoms with E-state index in [0.717, 1.165) is 67.9 Å². The zero-order valence-corrected chi connectivity index (χ0v) is 30.9. The van der Waals surface area contributed by atoms with Crippen LogP contribution in [0.25, 0.3) is 5.57 Å². The van der Waals surface area contributed by atoms with Gasteiger partial charge >= 0.3 is 6.03 Å². The number of urea groups is 1. The van der Waals surface area contributed by atoms with Crippen LogP contribution in [-0.2, 0) is 4.74 Å². The number of rotatable bonds is 8. The third kappa shape index (κ3) is 6.24. The number of allylic oxidation sites excluding steroid dienone is 2. The van der Waals surface area contributed by atoms with Crippen LogP contribution >= 0.6 is 11.8 Å². The molecule has 1 aromatic carbocycles. The van der Waals surface area contributed by atoms with Crippen LogP contribution in [0.5, 0.6) is 0 Å². The smallest absolute Gasteiger partial charge is 0.317 e. The van der Waals surface area contributed by atoms with Gasteiger partial charge in [-0.05, 0) is 141 Å². The summed E-state index contributed by atoms with van der Waals surface area (Å²) in [5, 5.41) is 7.32. The molecule has 6 aliphatic rings. The molecule has 0 bridgehead atoms. The van der Waals surface area contributed by atoms with Crippen molar-refractivity contribution in [1.29, 1.82) is 0 Å². The highest BCUT2D eigenvalue weighted by atomic mass is 32.2. The van der Waals surface area contributed by atoms with Crippen LogP contribution in [-0.4, -0.2) is 60.9 Å². The molecule has 4 saturated carbocycles. The molecule has 0 radical (unpaired) electrons. The minimum Gasteiger partial charge on any atom is -0.365 e. The molecule has 5 aliphatic carbocycles. The molecule has 5 fully saturated rings. The van der Waals surface area contributed by atoms with Crippen molar-refractivity contribution in [1.82, 2.24) is 15.5 Å². The minimum absolute atomic E-state index is 0.0327. The molecular weight excluding hydrogens is 599 g/mol. The van der Waals surface area contributed by atoms with Crippen molar-refractivity contribution in [2.24, 2.45) is 46.3 Å². The van der Waals surface area contributed by atoms with Gasteiger partial charge in [0.25, 0.3) is 0 Å². The average Bonchev–Trinajstić information content (AvgIpc) is 3.49. The van der Waals surface area contributed by atoms with Gasteiger partial charge in [-0.3, -0.25) is 5.32 Å². The van der Waals surface area contributed by atoms with Crippen LogP contribution in [0.1, 0.15) is 109 Å². The molecule has 1 saturated heterocycles. The fourth-order valence-electron chi connectivity index (χ4n) is 12.6. The third-order valence-corrected chi connectivity index (χ3v) is 15.4. The maximum Gasteiger partial charge on any atom is 0.317 e. The lowest BCUT2D eigenvalue weighted by Crippen LogP contribution is -2.63. The molecule has 0 spiro atoms. The number of hydrogen-bond acceptors (Lipinski definition) is 4. The van der Waals surface area contributed by atoms with Crippen LogP contribution in [0.4, 0.5) is 4.79 Å². The first-order valence-electron chi connectivity index (χ1n) is 19.3. The molecule has 8 atom stereocenters. The van der Waals surface area contributed by atoms with Crippen LogP contribution in [0.3, 0.4) is 0 Å². The number of piperidine rings is 1. The van der Waals surface area contributed by atoms with Crippen LogP contribution in [0.15, 0.2) is 30.3 Å². The maximum atomic E-state index is 13.8. The van der Waals surface area contributed by atoms with Gasteiger partial charge in [-0.15, -0.1) is 0 Å². The van der Waals surface area contributed by atoms with E-state index >= 15 is 0 Å². The van der Waals surface area contributed by atoms with Crippen molar-refractivity contribution in [3.8, 4) is 0 Å². The molecule has 8 unspecified atom stereocenters. The first-order valence-corrected chi connectivity index (χ1v) is 20.7. The van der Waals surface area contributed by atoms with Crippen LogP contribution in [0.2, 0.25) is 0 Å². The van der Waals surface area contributed by atoms with Crippen molar-refractivity contribution in [2.45, 2.75) is 116 Å². The van der Waals surface area contributed by atoms with E-state index in [1.54, 1.807) is 5.57 Å². The number of hydrogen-bond donors (Lipinski definition) is 2.